The summed E-state index contributed by atoms with van der Waals surface area (Å²) in [7, 11) is 1.29. The van der Waals surface area contributed by atoms with Gasteiger partial charge in [-0.15, -0.1) is 0 Å². The van der Waals surface area contributed by atoms with Crippen LogP contribution in [0.5, 0.6) is 0 Å². The molecule has 0 N–H and O–H groups in total. The van der Waals surface area contributed by atoms with Crippen molar-refractivity contribution in [3.8, 4) is 0 Å². The first-order chi connectivity index (χ1) is 5.99. The Balaban J connectivity index is 3.83. The SMILES string of the molecule is C=C(C)C(=O)OC[C@H](C)C(=O)OC. The highest BCUT2D eigenvalue weighted by atomic mass is 16.5. The normalized spacial score (nSPS) is 11.6. The lowest BCUT2D eigenvalue weighted by Gasteiger charge is -2.09. The van der Waals surface area contributed by atoms with E-state index in [2.05, 4.69) is 11.3 Å². The molecule has 0 saturated heterocycles. The molecule has 0 aromatic carbocycles. The number of carbonyl (C=O) groups is 2. The van der Waals surface area contributed by atoms with Crippen molar-refractivity contribution in [3.63, 3.8) is 0 Å². The van der Waals surface area contributed by atoms with Gasteiger partial charge in [-0.25, -0.2) is 4.79 Å². The van der Waals surface area contributed by atoms with Crippen LogP contribution >= 0.6 is 0 Å². The molecule has 13 heavy (non-hydrogen) atoms. The maximum Gasteiger partial charge on any atom is 0.333 e. The highest BCUT2D eigenvalue weighted by Gasteiger charge is 2.15. The maximum atomic E-state index is 10.9. The van der Waals surface area contributed by atoms with Gasteiger partial charge in [0, 0.05) is 5.57 Å². The molecular weight excluding hydrogens is 172 g/mol. The monoisotopic (exact) mass is 186 g/mol. The molecule has 0 unspecified atom stereocenters. The van der Waals surface area contributed by atoms with Crippen LogP contribution in [0.4, 0.5) is 0 Å². The van der Waals surface area contributed by atoms with Crippen LogP contribution in [0.1, 0.15) is 13.8 Å². The summed E-state index contributed by atoms with van der Waals surface area (Å²) in [6.07, 6.45) is 0. The Kier molecular flexibility index (Phi) is 4.80. The summed E-state index contributed by atoms with van der Waals surface area (Å²) in [5, 5.41) is 0. The Morgan fingerprint density at radius 3 is 2.38 bits per heavy atom. The first-order valence-electron chi connectivity index (χ1n) is 3.89. The topological polar surface area (TPSA) is 52.6 Å². The van der Waals surface area contributed by atoms with Crippen molar-refractivity contribution >= 4 is 11.9 Å². The number of rotatable bonds is 4. The van der Waals surface area contributed by atoms with Gasteiger partial charge >= 0.3 is 11.9 Å². The van der Waals surface area contributed by atoms with Crippen LogP contribution in [-0.4, -0.2) is 25.7 Å². The number of hydrogen-bond donors (Lipinski definition) is 0. The lowest BCUT2D eigenvalue weighted by Crippen LogP contribution is -2.20. The summed E-state index contributed by atoms with van der Waals surface area (Å²) in [6.45, 7) is 6.60. The van der Waals surface area contributed by atoms with E-state index in [0.29, 0.717) is 5.57 Å². The number of esters is 2. The van der Waals surface area contributed by atoms with Gasteiger partial charge in [0.25, 0.3) is 0 Å². The second-order valence-electron chi connectivity index (χ2n) is 2.80. The van der Waals surface area contributed by atoms with Crippen LogP contribution < -0.4 is 0 Å². The third-order valence-corrected chi connectivity index (χ3v) is 1.42. The molecule has 0 aliphatic carbocycles. The van der Waals surface area contributed by atoms with Gasteiger partial charge < -0.3 is 9.47 Å². The van der Waals surface area contributed by atoms with Crippen molar-refractivity contribution in [3.05, 3.63) is 12.2 Å². The zero-order valence-electron chi connectivity index (χ0n) is 8.12. The Hall–Kier alpha value is -1.32. The van der Waals surface area contributed by atoms with Gasteiger partial charge in [0.15, 0.2) is 0 Å². The molecule has 0 aliphatic rings. The van der Waals surface area contributed by atoms with E-state index in [1.165, 1.54) is 7.11 Å². The lowest BCUT2D eigenvalue weighted by atomic mass is 10.2. The fourth-order valence-electron chi connectivity index (χ4n) is 0.593. The second-order valence-corrected chi connectivity index (χ2v) is 2.80. The molecule has 0 spiro atoms. The molecule has 0 heterocycles. The lowest BCUT2D eigenvalue weighted by molar-refractivity contribution is -0.150. The van der Waals surface area contributed by atoms with Crippen molar-refractivity contribution in [1.82, 2.24) is 0 Å². The smallest absolute Gasteiger partial charge is 0.333 e. The number of hydrogen-bond acceptors (Lipinski definition) is 4. The molecule has 0 aliphatic heterocycles. The first-order valence-corrected chi connectivity index (χ1v) is 3.89. The number of methoxy groups -OCH3 is 1. The predicted octanol–water partition coefficient (Wildman–Crippen LogP) is 0.915. The summed E-state index contributed by atoms with van der Waals surface area (Å²) in [4.78, 5) is 21.7. The first kappa shape index (κ1) is 11.7. The van der Waals surface area contributed by atoms with Gasteiger partial charge in [-0.2, -0.15) is 0 Å². The third kappa shape index (κ3) is 4.30. The molecule has 0 fully saturated rings. The third-order valence-electron chi connectivity index (χ3n) is 1.42. The second kappa shape index (κ2) is 5.35. The van der Waals surface area contributed by atoms with Crippen molar-refractivity contribution < 1.29 is 19.1 Å². The van der Waals surface area contributed by atoms with Gasteiger partial charge in [0.1, 0.15) is 6.61 Å². The molecule has 0 aromatic rings. The number of ether oxygens (including phenoxy) is 2. The average Bonchev–Trinajstić information content (AvgIpc) is 2.11. The molecule has 0 bridgehead atoms. The fourth-order valence-corrected chi connectivity index (χ4v) is 0.593. The Bertz CT molecular complexity index is 220. The largest absolute Gasteiger partial charge is 0.469 e. The predicted molar refractivity (Wildman–Crippen MR) is 47.0 cm³/mol. The molecule has 4 nitrogen and oxygen atoms in total. The molecular formula is C9H14O4. The van der Waals surface area contributed by atoms with E-state index in [9.17, 15) is 9.59 Å². The molecule has 1 atom stereocenters. The summed E-state index contributed by atoms with van der Waals surface area (Å²) in [5.74, 6) is -1.32. The van der Waals surface area contributed by atoms with Crippen molar-refractivity contribution in [2.45, 2.75) is 13.8 Å². The fraction of sp³-hybridized carbons (Fsp3) is 0.556. The van der Waals surface area contributed by atoms with E-state index in [1.54, 1.807) is 13.8 Å². The summed E-state index contributed by atoms with van der Waals surface area (Å²) >= 11 is 0. The van der Waals surface area contributed by atoms with E-state index in [4.69, 9.17) is 4.74 Å². The summed E-state index contributed by atoms with van der Waals surface area (Å²) < 4.78 is 9.20. The van der Waals surface area contributed by atoms with Gasteiger partial charge in [0.2, 0.25) is 0 Å². The van der Waals surface area contributed by atoms with Gasteiger partial charge in [-0.3, -0.25) is 4.79 Å². The van der Waals surface area contributed by atoms with E-state index >= 15 is 0 Å². The highest BCUT2D eigenvalue weighted by molar-refractivity contribution is 5.87. The van der Waals surface area contributed by atoms with E-state index in [-0.39, 0.29) is 6.61 Å². The maximum absolute atomic E-state index is 10.9. The van der Waals surface area contributed by atoms with Crippen LogP contribution in [0.2, 0.25) is 0 Å². The minimum Gasteiger partial charge on any atom is -0.469 e. The zero-order valence-corrected chi connectivity index (χ0v) is 8.12. The molecule has 0 aromatic heterocycles. The molecule has 0 saturated carbocycles. The average molecular weight is 186 g/mol. The van der Waals surface area contributed by atoms with Gasteiger partial charge in [-0.05, 0) is 13.8 Å². The van der Waals surface area contributed by atoms with Crippen molar-refractivity contribution in [1.29, 1.82) is 0 Å². The van der Waals surface area contributed by atoms with E-state index in [0.717, 1.165) is 0 Å². The van der Waals surface area contributed by atoms with Crippen molar-refractivity contribution in [2.75, 3.05) is 13.7 Å². The minimum absolute atomic E-state index is 0.0262. The summed E-state index contributed by atoms with van der Waals surface area (Å²) in [5.41, 5.74) is 0.317. The molecule has 0 radical (unpaired) electrons. The Morgan fingerprint density at radius 2 is 2.00 bits per heavy atom. The highest BCUT2D eigenvalue weighted by Crippen LogP contribution is 2.01. The van der Waals surface area contributed by atoms with E-state index < -0.39 is 17.9 Å². The minimum atomic E-state index is -0.490. The number of carbonyl (C=O) groups excluding carboxylic acids is 2. The summed E-state index contributed by atoms with van der Waals surface area (Å²) in [6, 6.07) is 0. The van der Waals surface area contributed by atoms with Crippen LogP contribution in [-0.2, 0) is 19.1 Å². The molecule has 0 rings (SSSR count). The van der Waals surface area contributed by atoms with Crippen LogP contribution in [0.15, 0.2) is 12.2 Å². The molecule has 74 valence electrons. The Labute approximate surface area is 77.5 Å². The zero-order chi connectivity index (χ0) is 10.4. The van der Waals surface area contributed by atoms with Crippen molar-refractivity contribution in [2.24, 2.45) is 5.92 Å². The molecule has 0 amide bonds. The van der Waals surface area contributed by atoms with Crippen LogP contribution in [0, 0.1) is 5.92 Å². The molecule has 4 heteroatoms. The van der Waals surface area contributed by atoms with Gasteiger partial charge in [0.05, 0.1) is 13.0 Å². The Morgan fingerprint density at radius 1 is 1.46 bits per heavy atom. The van der Waals surface area contributed by atoms with Crippen LogP contribution in [0.25, 0.3) is 0 Å². The standard InChI is InChI=1S/C9H14O4/c1-6(2)8(10)13-5-7(3)9(11)12-4/h7H,1,5H2,2-4H3/t7-/m0/s1. The van der Waals surface area contributed by atoms with E-state index in [1.807, 2.05) is 0 Å². The quantitative estimate of drug-likeness (QED) is 0.484. The van der Waals surface area contributed by atoms with Crippen LogP contribution in [0.3, 0.4) is 0 Å². The van der Waals surface area contributed by atoms with Gasteiger partial charge in [-0.1, -0.05) is 6.58 Å².